The fourth-order valence-corrected chi connectivity index (χ4v) is 16.4. The number of aryl methyl sites for hydroxylation is 26. The number of imidazole rings is 8. The molecule has 0 fully saturated rings. The van der Waals surface area contributed by atoms with Gasteiger partial charge in [0.25, 0.3) is 0 Å². The molecule has 0 saturated heterocycles. The molecular formula is C94H112N16+4. The summed E-state index contributed by atoms with van der Waals surface area (Å²) >= 11 is 0. The Balaban J connectivity index is 0.000000146. The van der Waals surface area contributed by atoms with Gasteiger partial charge in [-0.2, -0.15) is 18.3 Å². The molecule has 12 aromatic heterocycles. The van der Waals surface area contributed by atoms with Crippen molar-refractivity contribution < 1.29 is 42.9 Å². The van der Waals surface area contributed by atoms with Crippen LogP contribution in [0.15, 0.2) is 133 Å². The highest BCUT2D eigenvalue weighted by Gasteiger charge is 2.32. The summed E-state index contributed by atoms with van der Waals surface area (Å²) in [5.74, 6) is 2.42. The molecule has 564 valence electrons. The average Bonchev–Trinajstić information content (AvgIpc) is 1.59. The van der Waals surface area contributed by atoms with Crippen LogP contribution < -0.4 is 18.3 Å². The van der Waals surface area contributed by atoms with Crippen molar-refractivity contribution in [3.8, 4) is 90.6 Å². The quantitative estimate of drug-likeness (QED) is 0.141. The number of pyridine rings is 4. The molecule has 4 aromatic carbocycles. The molecule has 0 aliphatic rings. The van der Waals surface area contributed by atoms with Crippen LogP contribution in [-0.4, -0.2) is 55.8 Å². The van der Waals surface area contributed by atoms with E-state index in [0.29, 0.717) is 57.0 Å². The smallest absolute Gasteiger partial charge is 0.231 e. The lowest BCUT2D eigenvalue weighted by atomic mass is 9.97. The van der Waals surface area contributed by atoms with Gasteiger partial charge in [-0.25, -0.2) is 19.9 Å². The van der Waals surface area contributed by atoms with Crippen molar-refractivity contribution in [3.05, 3.63) is 257 Å². The third-order valence-corrected chi connectivity index (χ3v) is 22.4. The SMILES string of the molecule is [2H]C([2H])([2H])c1cc(-c2cc(C)cc(-c3c(C)n4c(C)c(C([2H])([2H])[2H])nc4n3C)[n+]2C)c(C)cc1C.[2H]C([2H])([2H])c1ccc(C)c(-c2cccc(-c3c(C)n4c(C)c(C([2H])([2H])[2H])nc4n3C)[n+]2C)c1.[2H]C([2H])([2H])c1nc2n(C)c(-c3cc(C)cc(-c4ccccc4C)[n+]3C)c(C)n2c1C.[2H]C([2H])([2H])c1nc2n(C)c(-c3cccc(-c4ccc(C)cc4C)[n+]3C)c(C)n2c1C. The van der Waals surface area contributed by atoms with E-state index in [0.717, 1.165) is 124 Å². The molecule has 0 atom stereocenters. The van der Waals surface area contributed by atoms with Gasteiger partial charge in [0.2, 0.25) is 68.7 Å². The normalized spacial score (nSPS) is 14.7. The first kappa shape index (κ1) is 56.7. The minimum atomic E-state index is -2.28. The molecule has 0 saturated carbocycles. The van der Waals surface area contributed by atoms with Crippen LogP contribution in [0.1, 0.15) is 149 Å². The number of nitrogens with zero attached hydrogens (tertiary/aromatic N) is 16. The van der Waals surface area contributed by atoms with E-state index in [1.165, 1.54) is 33.4 Å². The van der Waals surface area contributed by atoms with Crippen LogP contribution in [0.3, 0.4) is 0 Å². The molecule has 0 aliphatic carbocycles. The molecule has 0 unspecified atom stereocenters. The fraction of sp³-hybridized carbons (Fsp3) is 0.319. The minimum Gasteiger partial charge on any atom is -0.308 e. The highest BCUT2D eigenvalue weighted by Crippen LogP contribution is 2.36. The molecule has 110 heavy (non-hydrogen) atoms. The summed E-state index contributed by atoms with van der Waals surface area (Å²) in [5, 5.41) is 0. The molecule has 0 spiro atoms. The highest BCUT2D eigenvalue weighted by molar-refractivity contribution is 5.72. The van der Waals surface area contributed by atoms with Gasteiger partial charge < -0.3 is 18.3 Å². The summed E-state index contributed by atoms with van der Waals surface area (Å²) < 4.78 is 165. The first-order chi connectivity index (χ1) is 59.3. The second kappa shape index (κ2) is 29.1. The molecule has 16 aromatic rings. The zero-order valence-corrected chi connectivity index (χ0v) is 67.9. The first-order valence-electron chi connectivity index (χ1n) is 45.9. The second-order valence-electron chi connectivity index (χ2n) is 29.8. The van der Waals surface area contributed by atoms with Gasteiger partial charge in [-0.15, -0.1) is 0 Å². The Bertz CT molecular complexity index is 7150. The number of hydrogen-bond acceptors (Lipinski definition) is 4. The lowest BCUT2D eigenvalue weighted by molar-refractivity contribution is -0.649. The van der Waals surface area contributed by atoms with Crippen LogP contribution in [0.2, 0.25) is 0 Å². The molecule has 16 heteroatoms. The summed E-state index contributed by atoms with van der Waals surface area (Å²) in [5.41, 5.74) is 32.1. The third-order valence-electron chi connectivity index (χ3n) is 22.4. The zero-order valence-electron chi connectivity index (χ0n) is 85.9. The van der Waals surface area contributed by atoms with Crippen LogP contribution >= 0.6 is 0 Å². The van der Waals surface area contributed by atoms with Gasteiger partial charge in [-0.3, -0.25) is 17.6 Å². The average molecular weight is 1480 g/mol. The maximum atomic E-state index is 7.97. The molecule has 0 radical (unpaired) electrons. The number of rotatable bonds is 8. The van der Waals surface area contributed by atoms with Crippen molar-refractivity contribution in [1.29, 1.82) is 0 Å². The molecule has 0 aliphatic heterocycles. The predicted molar refractivity (Wildman–Crippen MR) is 449 cm³/mol. The van der Waals surface area contributed by atoms with E-state index in [4.69, 9.17) is 24.7 Å². The summed E-state index contributed by atoms with van der Waals surface area (Å²) in [6, 6.07) is 44.5. The van der Waals surface area contributed by atoms with E-state index < -0.39 is 41.1 Å². The zero-order chi connectivity index (χ0) is 94.6. The Morgan fingerprint density at radius 3 is 0.991 bits per heavy atom. The minimum absolute atomic E-state index is 0.109. The van der Waals surface area contributed by atoms with Crippen molar-refractivity contribution in [2.75, 3.05) is 0 Å². The molecule has 0 N–H and O–H groups in total. The topological polar surface area (TPSA) is 104 Å². The number of benzene rings is 4. The lowest BCUT2D eigenvalue weighted by Gasteiger charge is -2.12. The van der Waals surface area contributed by atoms with Crippen molar-refractivity contribution in [2.45, 2.75) is 152 Å². The predicted octanol–water partition coefficient (Wildman–Crippen LogP) is 18.1. The molecule has 16 rings (SSSR count). The largest absolute Gasteiger partial charge is 0.308 e. The summed E-state index contributed by atoms with van der Waals surface area (Å²) in [7, 11) is 15.7. The van der Waals surface area contributed by atoms with Gasteiger partial charge in [-0.1, -0.05) is 59.7 Å². The second-order valence-corrected chi connectivity index (χ2v) is 29.8. The van der Waals surface area contributed by atoms with E-state index in [1.807, 2.05) is 182 Å². The van der Waals surface area contributed by atoms with Gasteiger partial charge in [0.1, 0.15) is 51.0 Å². The van der Waals surface area contributed by atoms with E-state index in [9.17, 15) is 0 Å². The van der Waals surface area contributed by atoms with Crippen molar-refractivity contribution >= 4 is 23.1 Å². The fourth-order valence-electron chi connectivity index (χ4n) is 16.4. The van der Waals surface area contributed by atoms with E-state index in [2.05, 4.69) is 160 Å². The van der Waals surface area contributed by atoms with Gasteiger partial charge >= 0.3 is 0 Å². The van der Waals surface area contributed by atoms with Gasteiger partial charge in [-0.05, 0) is 233 Å². The molecular weight excluding hydrogens is 1350 g/mol. The Kier molecular flexibility index (Phi) is 15.0. The Labute approximate surface area is 675 Å². The summed E-state index contributed by atoms with van der Waals surface area (Å²) in [4.78, 5) is 17.9. The van der Waals surface area contributed by atoms with Gasteiger partial charge in [0.05, 0.1) is 45.6 Å². The molecule has 0 amide bonds. The van der Waals surface area contributed by atoms with Gasteiger partial charge in [0, 0.05) is 146 Å². The first-order valence-corrected chi connectivity index (χ1v) is 36.9. The Morgan fingerprint density at radius 2 is 0.591 bits per heavy atom. The van der Waals surface area contributed by atoms with E-state index >= 15 is 0 Å². The maximum Gasteiger partial charge on any atom is 0.231 e. The van der Waals surface area contributed by atoms with Crippen LogP contribution in [0, 0.1) is 152 Å². The van der Waals surface area contributed by atoms with Crippen molar-refractivity contribution in [3.63, 3.8) is 0 Å². The van der Waals surface area contributed by atoms with Crippen LogP contribution in [0.25, 0.3) is 114 Å². The van der Waals surface area contributed by atoms with E-state index in [1.54, 1.807) is 32.0 Å². The van der Waals surface area contributed by atoms with Crippen LogP contribution in [0.5, 0.6) is 0 Å². The Morgan fingerprint density at radius 1 is 0.245 bits per heavy atom. The molecule has 12 heterocycles. The maximum absolute atomic E-state index is 7.97. The summed E-state index contributed by atoms with van der Waals surface area (Å²) in [6.07, 6.45) is 0. The van der Waals surface area contributed by atoms with E-state index in [-0.39, 0.29) is 22.8 Å². The molecule has 0 bridgehead atoms. The summed E-state index contributed by atoms with van der Waals surface area (Å²) in [6.45, 7) is 18.0. The number of hydrogen-bond donors (Lipinski definition) is 0. The standard InChI is InChI=1S/C25H31N4.3C23H27N4/c1-14-10-22(21-13-16(3)15(2)12-17(21)4)27(8)23(11-14)24-20(7)29-19(6)18(5)26-25(29)28(24)9;1-14-11-12-19(15(2)13-14)20-9-8-10-21(25(20)6)22-18(5)27-17(4)16(3)24-23(27)26(22)7;1-14-11-12-15(2)19(13-14)20-9-8-10-21(25(20)6)22-18(5)27-17(4)16(3)24-23(27)26(22)7;1-14-12-20(19-11-9-8-10-15(19)2)25(6)21(13-14)22-18(5)27-17(4)16(3)24-23(27)26(22)7/h10-13H,1-9H3;3*8-13H,1-7H3/q4*+1/i3D3,5D3;3D3;1D3,3D3;3D3. The van der Waals surface area contributed by atoms with Crippen LogP contribution in [-0.2, 0) is 56.4 Å². The third kappa shape index (κ3) is 12.9. The number of aromatic nitrogens is 16. The van der Waals surface area contributed by atoms with Gasteiger partial charge in [0.15, 0.2) is 0 Å². The number of fused-ring (bicyclic) bond motifs is 4. The Hall–Kier alpha value is -11.5. The van der Waals surface area contributed by atoms with Crippen LogP contribution in [0.4, 0.5) is 0 Å². The van der Waals surface area contributed by atoms with Crippen molar-refractivity contribution in [2.24, 2.45) is 56.4 Å². The lowest BCUT2D eigenvalue weighted by Crippen LogP contribution is -2.35. The molecule has 16 nitrogen and oxygen atoms in total. The van der Waals surface area contributed by atoms with Crippen molar-refractivity contribution in [1.82, 2.24) is 55.8 Å². The monoisotopic (exact) mass is 1480 g/mol. The highest BCUT2D eigenvalue weighted by atomic mass is 15.3.